The van der Waals surface area contributed by atoms with E-state index in [-0.39, 0.29) is 4.90 Å². The standard InChI is InChI=1S/C18H21ClN4O2S/c19-15-5-4-6-16(11-15)26(24,25)23-10-7-17-14(13-23)12-20-18(21-17)22-8-2-1-3-9-22/h4-6,11-12H,1-3,7-10,13H2. The lowest BCUT2D eigenvalue weighted by Gasteiger charge is -2.30. The van der Waals surface area contributed by atoms with E-state index in [1.54, 1.807) is 24.4 Å². The molecule has 4 rings (SSSR count). The molecule has 0 unspecified atom stereocenters. The van der Waals surface area contributed by atoms with Gasteiger partial charge in [0.25, 0.3) is 0 Å². The third kappa shape index (κ3) is 3.43. The Morgan fingerprint density at radius 3 is 2.65 bits per heavy atom. The molecule has 2 aliphatic heterocycles. The van der Waals surface area contributed by atoms with Gasteiger partial charge in [0, 0.05) is 49.4 Å². The Morgan fingerprint density at radius 1 is 1.08 bits per heavy atom. The van der Waals surface area contributed by atoms with Crippen molar-refractivity contribution in [3.8, 4) is 0 Å². The Bertz CT molecular complexity index is 913. The van der Waals surface area contributed by atoms with Crippen LogP contribution >= 0.6 is 11.6 Å². The summed E-state index contributed by atoms with van der Waals surface area (Å²) in [5.41, 5.74) is 1.83. The second-order valence-corrected chi connectivity index (χ2v) is 9.11. The summed E-state index contributed by atoms with van der Waals surface area (Å²) in [7, 11) is -3.57. The lowest BCUT2D eigenvalue weighted by molar-refractivity contribution is 0.386. The van der Waals surface area contributed by atoms with E-state index in [1.807, 2.05) is 0 Å². The maximum absolute atomic E-state index is 12.9. The van der Waals surface area contributed by atoms with Crippen molar-refractivity contribution < 1.29 is 8.42 Å². The summed E-state index contributed by atoms with van der Waals surface area (Å²) in [6, 6.07) is 6.39. The molecule has 0 aliphatic carbocycles. The van der Waals surface area contributed by atoms with Crippen molar-refractivity contribution in [2.24, 2.45) is 0 Å². The Balaban J connectivity index is 1.56. The molecule has 3 heterocycles. The highest BCUT2D eigenvalue weighted by molar-refractivity contribution is 7.89. The molecule has 138 valence electrons. The largest absolute Gasteiger partial charge is 0.341 e. The normalized spacial score (nSPS) is 18.6. The fourth-order valence-electron chi connectivity index (χ4n) is 3.51. The zero-order valence-corrected chi connectivity index (χ0v) is 16.0. The van der Waals surface area contributed by atoms with Crippen LogP contribution in [0.15, 0.2) is 35.4 Å². The first kappa shape index (κ1) is 17.7. The van der Waals surface area contributed by atoms with Crippen molar-refractivity contribution >= 4 is 27.6 Å². The average Bonchev–Trinajstić information content (AvgIpc) is 2.68. The summed E-state index contributed by atoms with van der Waals surface area (Å²) in [6.07, 6.45) is 5.99. The molecule has 1 aromatic carbocycles. The summed E-state index contributed by atoms with van der Waals surface area (Å²) in [5.74, 6) is 0.773. The molecule has 2 aliphatic rings. The number of aromatic nitrogens is 2. The lowest BCUT2D eigenvalue weighted by atomic mass is 10.1. The summed E-state index contributed by atoms with van der Waals surface area (Å²) in [6.45, 7) is 2.70. The van der Waals surface area contributed by atoms with Gasteiger partial charge in [-0.1, -0.05) is 17.7 Å². The molecule has 1 saturated heterocycles. The van der Waals surface area contributed by atoms with Gasteiger partial charge < -0.3 is 4.90 Å². The quantitative estimate of drug-likeness (QED) is 0.803. The second-order valence-electron chi connectivity index (χ2n) is 6.74. The van der Waals surface area contributed by atoms with Crippen molar-refractivity contribution in [1.29, 1.82) is 0 Å². The van der Waals surface area contributed by atoms with E-state index < -0.39 is 10.0 Å². The van der Waals surface area contributed by atoms with Gasteiger partial charge in [0.05, 0.1) is 10.6 Å². The van der Waals surface area contributed by atoms with Gasteiger partial charge in [-0.2, -0.15) is 4.31 Å². The third-order valence-electron chi connectivity index (χ3n) is 4.96. The van der Waals surface area contributed by atoms with Crippen molar-refractivity contribution in [2.45, 2.75) is 37.1 Å². The summed E-state index contributed by atoms with van der Waals surface area (Å²) >= 11 is 5.95. The number of hydrogen-bond acceptors (Lipinski definition) is 5. The van der Waals surface area contributed by atoms with Crippen LogP contribution in [0.5, 0.6) is 0 Å². The number of rotatable bonds is 3. The van der Waals surface area contributed by atoms with E-state index >= 15 is 0 Å². The van der Waals surface area contributed by atoms with Gasteiger partial charge in [-0.3, -0.25) is 0 Å². The lowest BCUT2D eigenvalue weighted by Crippen LogP contribution is -2.37. The maximum Gasteiger partial charge on any atom is 0.243 e. The van der Waals surface area contributed by atoms with Crippen molar-refractivity contribution in [3.05, 3.63) is 46.7 Å². The number of fused-ring (bicyclic) bond motifs is 1. The van der Waals surface area contributed by atoms with Crippen LogP contribution in [0.3, 0.4) is 0 Å². The fraction of sp³-hybridized carbons (Fsp3) is 0.444. The smallest absolute Gasteiger partial charge is 0.243 e. The van der Waals surface area contributed by atoms with E-state index in [2.05, 4.69) is 9.88 Å². The molecule has 6 nitrogen and oxygen atoms in total. The van der Waals surface area contributed by atoms with Crippen LogP contribution in [0.25, 0.3) is 0 Å². The fourth-order valence-corrected chi connectivity index (χ4v) is 5.23. The van der Waals surface area contributed by atoms with Crippen LogP contribution < -0.4 is 4.90 Å². The Kier molecular flexibility index (Phi) is 4.86. The number of piperidine rings is 1. The first-order valence-electron chi connectivity index (χ1n) is 8.89. The van der Waals surface area contributed by atoms with Gasteiger partial charge in [0.1, 0.15) is 0 Å². The molecule has 0 atom stereocenters. The first-order valence-corrected chi connectivity index (χ1v) is 10.7. The van der Waals surface area contributed by atoms with E-state index in [9.17, 15) is 8.42 Å². The molecule has 2 aromatic rings. The molecule has 0 N–H and O–H groups in total. The number of halogens is 1. The summed E-state index contributed by atoms with van der Waals surface area (Å²) < 4.78 is 27.2. The molecule has 8 heteroatoms. The highest BCUT2D eigenvalue weighted by Gasteiger charge is 2.30. The van der Waals surface area contributed by atoms with E-state index in [0.29, 0.717) is 24.5 Å². The van der Waals surface area contributed by atoms with Crippen LogP contribution in [0, 0.1) is 0 Å². The van der Waals surface area contributed by atoms with E-state index in [4.69, 9.17) is 16.6 Å². The maximum atomic E-state index is 12.9. The van der Waals surface area contributed by atoms with Crippen LogP contribution in [-0.2, 0) is 23.0 Å². The minimum atomic E-state index is -3.57. The Labute approximate surface area is 158 Å². The minimum absolute atomic E-state index is 0.222. The molecule has 1 fully saturated rings. The molecular formula is C18H21ClN4O2S. The predicted octanol–water partition coefficient (Wildman–Crippen LogP) is 2.87. The zero-order chi connectivity index (χ0) is 18.1. The topological polar surface area (TPSA) is 66.4 Å². The average molecular weight is 393 g/mol. The zero-order valence-electron chi connectivity index (χ0n) is 14.4. The molecule has 0 bridgehead atoms. The molecule has 0 saturated carbocycles. The van der Waals surface area contributed by atoms with Crippen LogP contribution in [0.4, 0.5) is 5.95 Å². The van der Waals surface area contributed by atoms with Crippen LogP contribution in [0.2, 0.25) is 5.02 Å². The van der Waals surface area contributed by atoms with E-state index in [1.165, 1.54) is 29.6 Å². The number of hydrogen-bond donors (Lipinski definition) is 0. The Hall–Kier alpha value is -1.70. The number of benzene rings is 1. The van der Waals surface area contributed by atoms with Gasteiger partial charge >= 0.3 is 0 Å². The second kappa shape index (κ2) is 7.13. The molecule has 0 amide bonds. The first-order chi connectivity index (χ1) is 12.5. The number of anilines is 1. The highest BCUT2D eigenvalue weighted by Crippen LogP contribution is 2.26. The van der Waals surface area contributed by atoms with Gasteiger partial charge in [-0.25, -0.2) is 18.4 Å². The van der Waals surface area contributed by atoms with Crippen molar-refractivity contribution in [1.82, 2.24) is 14.3 Å². The summed E-state index contributed by atoms with van der Waals surface area (Å²) in [4.78, 5) is 11.6. The monoisotopic (exact) mass is 392 g/mol. The van der Waals surface area contributed by atoms with E-state index in [0.717, 1.165) is 30.3 Å². The molecule has 0 radical (unpaired) electrons. The van der Waals surface area contributed by atoms with Crippen LogP contribution in [0.1, 0.15) is 30.5 Å². The van der Waals surface area contributed by atoms with Crippen LogP contribution in [-0.4, -0.2) is 42.3 Å². The molecular weight excluding hydrogens is 372 g/mol. The predicted molar refractivity (Wildman–Crippen MR) is 101 cm³/mol. The minimum Gasteiger partial charge on any atom is -0.341 e. The number of nitrogens with zero attached hydrogens (tertiary/aromatic N) is 4. The van der Waals surface area contributed by atoms with Gasteiger partial charge in [-0.15, -0.1) is 0 Å². The summed E-state index contributed by atoms with van der Waals surface area (Å²) in [5, 5.41) is 0.415. The number of sulfonamides is 1. The highest BCUT2D eigenvalue weighted by atomic mass is 35.5. The van der Waals surface area contributed by atoms with Gasteiger partial charge in [0.15, 0.2) is 0 Å². The Morgan fingerprint density at radius 2 is 1.88 bits per heavy atom. The third-order valence-corrected chi connectivity index (χ3v) is 7.04. The van der Waals surface area contributed by atoms with Gasteiger partial charge in [-0.05, 0) is 37.5 Å². The molecule has 0 spiro atoms. The SMILES string of the molecule is O=S(=O)(c1cccc(Cl)c1)N1CCc2nc(N3CCCCC3)ncc2C1. The molecule has 1 aromatic heterocycles. The molecule has 26 heavy (non-hydrogen) atoms. The van der Waals surface area contributed by atoms with Crippen molar-refractivity contribution in [2.75, 3.05) is 24.5 Å². The van der Waals surface area contributed by atoms with Gasteiger partial charge in [0.2, 0.25) is 16.0 Å². The van der Waals surface area contributed by atoms with Crippen molar-refractivity contribution in [3.63, 3.8) is 0 Å².